The highest BCUT2D eigenvalue weighted by molar-refractivity contribution is 7.99. The zero-order valence-electron chi connectivity index (χ0n) is 11.6. The highest BCUT2D eigenvalue weighted by Gasteiger charge is 2.08. The maximum absolute atomic E-state index is 14.1. The van der Waals surface area contributed by atoms with Gasteiger partial charge < -0.3 is 5.11 Å². The third-order valence-corrected chi connectivity index (χ3v) is 4.43. The quantitative estimate of drug-likeness (QED) is 0.718. The lowest BCUT2D eigenvalue weighted by Crippen LogP contribution is -1.92. The van der Waals surface area contributed by atoms with Crippen LogP contribution >= 0.6 is 11.8 Å². The molecule has 0 spiro atoms. The lowest BCUT2D eigenvalue weighted by molar-refractivity contribution is 0.198. The van der Waals surface area contributed by atoms with E-state index in [4.69, 9.17) is 0 Å². The second-order valence-corrected chi connectivity index (χ2v) is 6.09. The molecule has 0 saturated heterocycles. The first-order valence-corrected chi connectivity index (χ1v) is 7.59. The summed E-state index contributed by atoms with van der Waals surface area (Å²) in [6, 6.07) is 19.1. The van der Waals surface area contributed by atoms with Gasteiger partial charge in [0.25, 0.3) is 0 Å². The smallest absolute Gasteiger partial charge is 0.137 e. The van der Waals surface area contributed by atoms with Gasteiger partial charge in [-0.3, -0.25) is 0 Å². The average Bonchev–Trinajstić information content (AvgIpc) is 2.49. The van der Waals surface area contributed by atoms with Crippen molar-refractivity contribution in [1.29, 1.82) is 0 Å². The zero-order valence-corrected chi connectivity index (χ0v) is 12.4. The SMILES string of the molecule is C[C@H](O)c1ccc(Sc2ccc3ccccc3c2)c(F)c1. The molecule has 3 aromatic rings. The molecular formula is C18H15FOS. The van der Waals surface area contributed by atoms with Gasteiger partial charge in [0.15, 0.2) is 0 Å². The molecule has 3 aromatic carbocycles. The number of fused-ring (bicyclic) bond motifs is 1. The van der Waals surface area contributed by atoms with Crippen LogP contribution < -0.4 is 0 Å². The highest BCUT2D eigenvalue weighted by atomic mass is 32.2. The summed E-state index contributed by atoms with van der Waals surface area (Å²) in [5.74, 6) is -0.299. The van der Waals surface area contributed by atoms with Crippen molar-refractivity contribution in [3.05, 3.63) is 72.0 Å². The van der Waals surface area contributed by atoms with Gasteiger partial charge in [-0.1, -0.05) is 48.2 Å². The summed E-state index contributed by atoms with van der Waals surface area (Å²) in [5, 5.41) is 11.8. The molecule has 3 rings (SSSR count). The largest absolute Gasteiger partial charge is 0.389 e. The van der Waals surface area contributed by atoms with Crippen LogP contribution in [0.1, 0.15) is 18.6 Å². The standard InChI is InChI=1S/C18H15FOS/c1-12(20)14-7-9-18(17(19)11-14)21-16-8-6-13-4-2-3-5-15(13)10-16/h2-12,20H,1H3/t12-/m0/s1. The van der Waals surface area contributed by atoms with E-state index in [1.54, 1.807) is 19.1 Å². The summed E-state index contributed by atoms with van der Waals surface area (Å²) in [6.07, 6.45) is -0.654. The summed E-state index contributed by atoms with van der Waals surface area (Å²) in [5.41, 5.74) is 0.593. The molecule has 0 fully saturated rings. The first-order chi connectivity index (χ1) is 10.1. The van der Waals surface area contributed by atoms with Gasteiger partial charge in [-0.2, -0.15) is 0 Å². The molecule has 1 nitrogen and oxygen atoms in total. The van der Waals surface area contributed by atoms with Crippen molar-refractivity contribution < 1.29 is 9.50 Å². The number of halogens is 1. The molecule has 0 aliphatic heterocycles. The molecule has 0 radical (unpaired) electrons. The predicted octanol–water partition coefficient (Wildman–Crippen LogP) is 5.18. The van der Waals surface area contributed by atoms with Crippen LogP contribution in [0.2, 0.25) is 0 Å². The van der Waals surface area contributed by atoms with Crippen molar-refractivity contribution in [2.75, 3.05) is 0 Å². The van der Waals surface area contributed by atoms with Gasteiger partial charge in [0.2, 0.25) is 0 Å². The Morgan fingerprint density at radius 3 is 2.43 bits per heavy atom. The van der Waals surface area contributed by atoms with E-state index in [-0.39, 0.29) is 5.82 Å². The van der Waals surface area contributed by atoms with Gasteiger partial charge >= 0.3 is 0 Å². The molecule has 106 valence electrons. The van der Waals surface area contributed by atoms with E-state index in [1.165, 1.54) is 23.2 Å². The fourth-order valence-electron chi connectivity index (χ4n) is 2.22. The topological polar surface area (TPSA) is 20.2 Å². The van der Waals surface area contributed by atoms with Crippen molar-refractivity contribution in [2.24, 2.45) is 0 Å². The van der Waals surface area contributed by atoms with E-state index in [0.717, 1.165) is 10.3 Å². The normalized spacial score (nSPS) is 12.5. The molecule has 1 atom stereocenters. The van der Waals surface area contributed by atoms with Crippen molar-refractivity contribution >= 4 is 22.5 Å². The lowest BCUT2D eigenvalue weighted by Gasteiger charge is -2.08. The molecule has 0 heterocycles. The molecule has 0 unspecified atom stereocenters. The second-order valence-electron chi connectivity index (χ2n) is 4.98. The Morgan fingerprint density at radius 2 is 1.71 bits per heavy atom. The molecular weight excluding hydrogens is 283 g/mol. The third kappa shape index (κ3) is 3.09. The van der Waals surface area contributed by atoms with Crippen LogP contribution in [-0.2, 0) is 0 Å². The van der Waals surface area contributed by atoms with E-state index >= 15 is 0 Å². The van der Waals surface area contributed by atoms with Crippen LogP contribution in [0.4, 0.5) is 4.39 Å². The number of benzene rings is 3. The van der Waals surface area contributed by atoms with Crippen molar-refractivity contribution in [3.63, 3.8) is 0 Å². The van der Waals surface area contributed by atoms with Crippen molar-refractivity contribution in [1.82, 2.24) is 0 Å². The lowest BCUT2D eigenvalue weighted by atomic mass is 10.1. The van der Waals surface area contributed by atoms with Crippen molar-refractivity contribution in [2.45, 2.75) is 22.8 Å². The van der Waals surface area contributed by atoms with Crippen LogP contribution in [0, 0.1) is 5.82 Å². The molecule has 0 amide bonds. The first kappa shape index (κ1) is 14.1. The van der Waals surface area contributed by atoms with Crippen molar-refractivity contribution in [3.8, 4) is 0 Å². The Kier molecular flexibility index (Phi) is 3.95. The number of rotatable bonds is 3. The number of aliphatic hydroxyl groups excluding tert-OH is 1. The summed E-state index contributed by atoms with van der Waals surface area (Å²) in [7, 11) is 0. The average molecular weight is 298 g/mol. The maximum Gasteiger partial charge on any atom is 0.137 e. The monoisotopic (exact) mass is 298 g/mol. The second kappa shape index (κ2) is 5.88. The fraction of sp³-hybridized carbons (Fsp3) is 0.111. The molecule has 0 aromatic heterocycles. The molecule has 0 bridgehead atoms. The maximum atomic E-state index is 14.1. The van der Waals surface area contributed by atoms with Crippen LogP contribution in [-0.4, -0.2) is 5.11 Å². The molecule has 0 aliphatic rings. The molecule has 1 N–H and O–H groups in total. The Balaban J connectivity index is 1.91. The Hall–Kier alpha value is -1.84. The van der Waals surface area contributed by atoms with E-state index < -0.39 is 6.10 Å². The summed E-state index contributed by atoms with van der Waals surface area (Å²) >= 11 is 1.39. The molecule has 21 heavy (non-hydrogen) atoms. The van der Waals surface area contributed by atoms with E-state index in [2.05, 4.69) is 12.1 Å². The summed E-state index contributed by atoms with van der Waals surface area (Å²) in [4.78, 5) is 1.56. The highest BCUT2D eigenvalue weighted by Crippen LogP contribution is 2.32. The first-order valence-electron chi connectivity index (χ1n) is 6.77. The minimum absolute atomic E-state index is 0.299. The van der Waals surface area contributed by atoms with Crippen LogP contribution in [0.3, 0.4) is 0 Å². The predicted molar refractivity (Wildman–Crippen MR) is 85.1 cm³/mol. The van der Waals surface area contributed by atoms with Crippen LogP contribution in [0.5, 0.6) is 0 Å². The van der Waals surface area contributed by atoms with E-state index in [9.17, 15) is 9.50 Å². The zero-order chi connectivity index (χ0) is 14.8. The van der Waals surface area contributed by atoms with E-state index in [0.29, 0.717) is 10.5 Å². The minimum atomic E-state index is -0.654. The van der Waals surface area contributed by atoms with Crippen LogP contribution in [0.25, 0.3) is 10.8 Å². The Labute approximate surface area is 127 Å². The van der Waals surface area contributed by atoms with Gasteiger partial charge in [-0.15, -0.1) is 0 Å². The Bertz CT molecular complexity index is 783. The molecule has 0 aliphatic carbocycles. The Morgan fingerprint density at radius 1 is 0.952 bits per heavy atom. The third-order valence-electron chi connectivity index (χ3n) is 3.39. The van der Waals surface area contributed by atoms with Gasteiger partial charge in [0.05, 0.1) is 6.10 Å². The summed E-state index contributed by atoms with van der Waals surface area (Å²) < 4.78 is 14.1. The number of hydrogen-bond donors (Lipinski definition) is 1. The van der Waals surface area contributed by atoms with Gasteiger partial charge in [0, 0.05) is 9.79 Å². The molecule has 3 heteroatoms. The summed E-state index contributed by atoms with van der Waals surface area (Å²) in [6.45, 7) is 1.63. The van der Waals surface area contributed by atoms with Gasteiger partial charge in [-0.05, 0) is 47.5 Å². The fourth-order valence-corrected chi connectivity index (χ4v) is 3.09. The molecule has 0 saturated carbocycles. The van der Waals surface area contributed by atoms with Gasteiger partial charge in [-0.25, -0.2) is 4.39 Å². The number of aliphatic hydroxyl groups is 1. The van der Waals surface area contributed by atoms with Gasteiger partial charge in [0.1, 0.15) is 5.82 Å². The number of hydrogen-bond acceptors (Lipinski definition) is 2. The minimum Gasteiger partial charge on any atom is -0.389 e. The van der Waals surface area contributed by atoms with Crippen LogP contribution in [0.15, 0.2) is 70.5 Å². The van der Waals surface area contributed by atoms with E-state index in [1.807, 2.05) is 30.3 Å².